The molecule has 3 N–H and O–H groups in total. The Morgan fingerprint density at radius 3 is 2.48 bits per heavy atom. The Labute approximate surface area is 199 Å². The number of nitrogens with zero attached hydrogens (tertiary/aromatic N) is 3. The second-order valence-electron chi connectivity index (χ2n) is 6.95. The minimum absolute atomic E-state index is 0.111. The summed E-state index contributed by atoms with van der Waals surface area (Å²) >= 11 is 12.7. The highest BCUT2D eigenvalue weighted by molar-refractivity contribution is 6.39. The summed E-state index contributed by atoms with van der Waals surface area (Å²) < 4.78 is 6.48. The van der Waals surface area contributed by atoms with Crippen LogP contribution in [0.15, 0.2) is 65.6 Å². The van der Waals surface area contributed by atoms with Crippen LogP contribution in [0, 0.1) is 0 Å². The molecule has 0 radical (unpaired) electrons. The second-order valence-corrected chi connectivity index (χ2v) is 7.77. The van der Waals surface area contributed by atoms with Crippen molar-refractivity contribution in [3.8, 4) is 11.1 Å². The van der Waals surface area contributed by atoms with Gasteiger partial charge in [0.25, 0.3) is 5.56 Å². The van der Waals surface area contributed by atoms with Gasteiger partial charge in [0.15, 0.2) is 5.65 Å². The van der Waals surface area contributed by atoms with Gasteiger partial charge in [0, 0.05) is 29.4 Å². The number of hydrogen-bond donors (Lipinski definition) is 2. The molecule has 2 aromatic heterocycles. The summed E-state index contributed by atoms with van der Waals surface area (Å²) in [4.78, 5) is 28.1. The highest BCUT2D eigenvalue weighted by Crippen LogP contribution is 2.33. The Morgan fingerprint density at radius 1 is 1.00 bits per heavy atom. The van der Waals surface area contributed by atoms with Crippen LogP contribution in [0.2, 0.25) is 10.0 Å². The molecule has 0 bridgehead atoms. The normalized spacial score (nSPS) is 11.0. The highest BCUT2D eigenvalue weighted by atomic mass is 35.5. The quantitative estimate of drug-likeness (QED) is 0.346. The van der Waals surface area contributed by atoms with Crippen molar-refractivity contribution in [2.45, 2.75) is 0 Å². The maximum atomic E-state index is 13.5. The van der Waals surface area contributed by atoms with E-state index in [2.05, 4.69) is 15.3 Å². The average molecular weight is 486 g/mol. The molecule has 2 aromatic carbocycles. The van der Waals surface area contributed by atoms with E-state index in [4.69, 9.17) is 38.5 Å². The van der Waals surface area contributed by atoms with Crippen molar-refractivity contribution in [2.24, 2.45) is 5.73 Å². The fourth-order valence-corrected chi connectivity index (χ4v) is 3.81. The van der Waals surface area contributed by atoms with Crippen LogP contribution in [-0.2, 0) is 4.74 Å². The van der Waals surface area contributed by atoms with E-state index in [0.717, 1.165) is 10.4 Å². The smallest absolute Gasteiger partial charge is 0.293 e. The largest absolute Gasteiger partial charge is 0.406 e. The number of benzene rings is 2. The number of pyridine rings is 1. The van der Waals surface area contributed by atoms with Gasteiger partial charge in [0.05, 0.1) is 28.8 Å². The summed E-state index contributed by atoms with van der Waals surface area (Å²) in [7, 11) is 0. The number of ether oxygens (including phenoxy) is 1. The molecule has 2 heterocycles. The first-order valence-electron chi connectivity index (χ1n) is 10.2. The number of aromatic nitrogens is 3. The Morgan fingerprint density at radius 2 is 1.76 bits per heavy atom. The third kappa shape index (κ3) is 5.26. The van der Waals surface area contributed by atoms with Gasteiger partial charge >= 0.3 is 0 Å². The van der Waals surface area contributed by atoms with Gasteiger partial charge in [-0.1, -0.05) is 47.5 Å². The molecular weight excluding hydrogens is 465 g/mol. The summed E-state index contributed by atoms with van der Waals surface area (Å²) in [6.45, 7) is 1.15. The molecule has 0 amide bonds. The van der Waals surface area contributed by atoms with Gasteiger partial charge in [-0.25, -0.2) is 4.98 Å². The Balaban J connectivity index is 1.80. The van der Waals surface area contributed by atoms with Crippen molar-refractivity contribution < 1.29 is 9.57 Å². The number of anilines is 2. The van der Waals surface area contributed by atoms with Crippen LogP contribution in [0.4, 0.5) is 11.6 Å². The lowest BCUT2D eigenvalue weighted by Gasteiger charge is -2.15. The van der Waals surface area contributed by atoms with Crippen molar-refractivity contribution in [2.75, 3.05) is 31.7 Å². The molecule has 0 saturated carbocycles. The topological polar surface area (TPSA) is 104 Å². The first-order chi connectivity index (χ1) is 16.1. The molecule has 0 aliphatic carbocycles. The van der Waals surface area contributed by atoms with E-state index < -0.39 is 5.56 Å². The molecule has 4 aromatic rings. The molecule has 0 saturated heterocycles. The zero-order valence-corrected chi connectivity index (χ0v) is 19.0. The van der Waals surface area contributed by atoms with Gasteiger partial charge in [0.2, 0.25) is 5.95 Å². The standard InChI is InChI=1S/C23H21Cl2N5O3/c24-18-7-4-8-19(25)20(18)17-13-15-14-27-23(28-16-5-2-1-3-6-16)29-21(15)30(22(17)31)33-12-11-32-10-9-26/h1-8,13-14H,9-12,26H2,(H,27,28,29). The van der Waals surface area contributed by atoms with E-state index in [1.165, 1.54) is 0 Å². The van der Waals surface area contributed by atoms with E-state index in [1.54, 1.807) is 30.5 Å². The lowest BCUT2D eigenvalue weighted by Crippen LogP contribution is -2.31. The predicted molar refractivity (Wildman–Crippen MR) is 130 cm³/mol. The van der Waals surface area contributed by atoms with Crippen LogP contribution in [0.1, 0.15) is 0 Å². The Bertz CT molecular complexity index is 1290. The molecule has 33 heavy (non-hydrogen) atoms. The molecular formula is C23H21Cl2N5O3. The number of nitrogens with one attached hydrogen (secondary N) is 1. The monoisotopic (exact) mass is 485 g/mol. The summed E-state index contributed by atoms with van der Waals surface area (Å²) in [5.41, 5.74) is 6.77. The second kappa shape index (κ2) is 10.6. The van der Waals surface area contributed by atoms with Gasteiger partial charge in [0.1, 0.15) is 6.61 Å². The first-order valence-corrected chi connectivity index (χ1v) is 10.9. The predicted octanol–water partition coefficient (Wildman–Crippen LogP) is 3.91. The first kappa shape index (κ1) is 23.0. The summed E-state index contributed by atoms with van der Waals surface area (Å²) in [5.74, 6) is 0.313. The highest BCUT2D eigenvalue weighted by Gasteiger charge is 2.18. The van der Waals surface area contributed by atoms with E-state index in [1.807, 2.05) is 30.3 Å². The number of para-hydroxylation sites is 1. The lowest BCUT2D eigenvalue weighted by atomic mass is 10.1. The van der Waals surface area contributed by atoms with E-state index in [0.29, 0.717) is 45.7 Å². The van der Waals surface area contributed by atoms with Crippen molar-refractivity contribution in [3.05, 3.63) is 81.2 Å². The zero-order chi connectivity index (χ0) is 23.2. The van der Waals surface area contributed by atoms with Crippen LogP contribution < -0.4 is 21.4 Å². The minimum Gasteiger partial charge on any atom is -0.406 e. The third-order valence-corrected chi connectivity index (χ3v) is 5.31. The molecule has 10 heteroatoms. The molecule has 0 unspecified atom stereocenters. The van der Waals surface area contributed by atoms with E-state index in [-0.39, 0.29) is 18.8 Å². The fourth-order valence-electron chi connectivity index (χ4n) is 3.21. The Hall–Kier alpha value is -3.17. The molecule has 4 rings (SSSR count). The SMILES string of the molecule is NCCOCCOn1c(=O)c(-c2c(Cl)cccc2Cl)cc2cnc(Nc3ccccc3)nc21. The lowest BCUT2D eigenvalue weighted by molar-refractivity contribution is 0.0415. The number of rotatable bonds is 9. The van der Waals surface area contributed by atoms with E-state index >= 15 is 0 Å². The maximum Gasteiger partial charge on any atom is 0.293 e. The van der Waals surface area contributed by atoms with Crippen molar-refractivity contribution in [1.29, 1.82) is 0 Å². The van der Waals surface area contributed by atoms with Crippen LogP contribution in [0.5, 0.6) is 0 Å². The molecule has 170 valence electrons. The van der Waals surface area contributed by atoms with Crippen LogP contribution in [0.25, 0.3) is 22.2 Å². The average Bonchev–Trinajstić information content (AvgIpc) is 2.81. The minimum atomic E-state index is -0.458. The number of hydrogen-bond acceptors (Lipinski definition) is 7. The van der Waals surface area contributed by atoms with Gasteiger partial charge in [-0.3, -0.25) is 4.79 Å². The zero-order valence-electron chi connectivity index (χ0n) is 17.5. The van der Waals surface area contributed by atoms with Gasteiger partial charge in [-0.05, 0) is 30.3 Å². The van der Waals surface area contributed by atoms with E-state index in [9.17, 15) is 4.79 Å². The molecule has 0 atom stereocenters. The number of nitrogens with two attached hydrogens (primary N) is 1. The molecule has 8 nitrogen and oxygen atoms in total. The summed E-state index contributed by atoms with van der Waals surface area (Å²) in [6.07, 6.45) is 1.60. The Kier molecular flexibility index (Phi) is 7.41. The molecule has 0 aliphatic heterocycles. The molecule has 0 spiro atoms. The van der Waals surface area contributed by atoms with Crippen LogP contribution >= 0.6 is 23.2 Å². The van der Waals surface area contributed by atoms with Crippen molar-refractivity contribution in [3.63, 3.8) is 0 Å². The van der Waals surface area contributed by atoms with Crippen LogP contribution in [0.3, 0.4) is 0 Å². The summed E-state index contributed by atoms with van der Waals surface area (Å²) in [5, 5.41) is 4.38. The van der Waals surface area contributed by atoms with Crippen molar-refractivity contribution >= 4 is 45.9 Å². The van der Waals surface area contributed by atoms with Gasteiger partial charge in [-0.15, -0.1) is 4.73 Å². The number of fused-ring (bicyclic) bond motifs is 1. The maximum absolute atomic E-state index is 13.5. The number of halogens is 2. The molecule has 0 fully saturated rings. The molecule has 0 aliphatic rings. The van der Waals surface area contributed by atoms with Crippen molar-refractivity contribution in [1.82, 2.24) is 14.7 Å². The van der Waals surface area contributed by atoms with Crippen LogP contribution in [-0.4, -0.2) is 41.1 Å². The summed E-state index contributed by atoms with van der Waals surface area (Å²) in [6, 6.07) is 16.2. The van der Waals surface area contributed by atoms with Gasteiger partial charge < -0.3 is 20.6 Å². The third-order valence-electron chi connectivity index (χ3n) is 4.68. The fraction of sp³-hybridized carbons (Fsp3) is 0.174. The van der Waals surface area contributed by atoms with Gasteiger partial charge in [-0.2, -0.15) is 4.98 Å².